The lowest BCUT2D eigenvalue weighted by Gasteiger charge is -2.03. The van der Waals surface area contributed by atoms with Crippen molar-refractivity contribution in [1.82, 2.24) is 0 Å². The third-order valence-electron chi connectivity index (χ3n) is 2.90. The quantitative estimate of drug-likeness (QED) is 0.737. The molecule has 2 rings (SSSR count). The smallest absolute Gasteiger partial charge is 0.126 e. The van der Waals surface area contributed by atoms with Crippen LogP contribution in [-0.4, -0.2) is 7.11 Å². The van der Waals surface area contributed by atoms with E-state index in [0.717, 1.165) is 11.3 Å². The Hall–Kier alpha value is -2.29. The minimum atomic E-state index is -0.188. The van der Waals surface area contributed by atoms with Crippen LogP contribution >= 0.6 is 0 Å². The summed E-state index contributed by atoms with van der Waals surface area (Å²) in [5.41, 5.74) is 1.72. The van der Waals surface area contributed by atoms with Crippen molar-refractivity contribution in [1.29, 1.82) is 0 Å². The molecule has 2 aromatic carbocycles. The van der Waals surface area contributed by atoms with Gasteiger partial charge < -0.3 is 9.47 Å². The summed E-state index contributed by atoms with van der Waals surface area (Å²) in [6.45, 7) is 0.484. The molecule has 0 saturated carbocycles. The Morgan fingerprint density at radius 1 is 1.05 bits per heavy atom. The first-order valence-corrected chi connectivity index (χ1v) is 6.42. The molecule has 0 aliphatic rings. The van der Waals surface area contributed by atoms with Gasteiger partial charge in [0, 0.05) is 0 Å². The molecule has 0 atom stereocenters. The van der Waals surface area contributed by atoms with E-state index >= 15 is 0 Å². The van der Waals surface area contributed by atoms with Gasteiger partial charge in [-0.1, -0.05) is 30.3 Å². The highest BCUT2D eigenvalue weighted by molar-refractivity contribution is 5.26. The second-order valence-corrected chi connectivity index (χ2v) is 4.33. The fourth-order valence-corrected chi connectivity index (χ4v) is 1.77. The molecule has 20 heavy (non-hydrogen) atoms. The molecule has 0 amide bonds. The normalized spacial score (nSPS) is 10.7. The predicted octanol–water partition coefficient (Wildman–Crippen LogP) is 4.11. The first kappa shape index (κ1) is 14.1. The highest BCUT2D eigenvalue weighted by atomic mass is 19.1. The van der Waals surface area contributed by atoms with Crippen molar-refractivity contribution >= 4 is 0 Å². The van der Waals surface area contributed by atoms with Gasteiger partial charge >= 0.3 is 0 Å². The van der Waals surface area contributed by atoms with Crippen molar-refractivity contribution in [2.75, 3.05) is 7.11 Å². The van der Waals surface area contributed by atoms with Gasteiger partial charge in [-0.05, 0) is 41.8 Å². The topological polar surface area (TPSA) is 18.5 Å². The van der Waals surface area contributed by atoms with E-state index in [1.54, 1.807) is 25.5 Å². The highest BCUT2D eigenvalue weighted by Crippen LogP contribution is 2.12. The summed E-state index contributed by atoms with van der Waals surface area (Å²) >= 11 is 0. The van der Waals surface area contributed by atoms with Crippen LogP contribution in [0.4, 0.5) is 4.39 Å². The van der Waals surface area contributed by atoms with Gasteiger partial charge in [0.1, 0.15) is 18.2 Å². The lowest BCUT2D eigenvalue weighted by atomic mass is 10.1. The van der Waals surface area contributed by atoms with Crippen LogP contribution in [-0.2, 0) is 17.8 Å². The Balaban J connectivity index is 1.77. The lowest BCUT2D eigenvalue weighted by Crippen LogP contribution is -1.89. The fourth-order valence-electron chi connectivity index (χ4n) is 1.77. The first-order chi connectivity index (χ1) is 9.79. The average molecular weight is 272 g/mol. The van der Waals surface area contributed by atoms with Crippen LogP contribution in [0.3, 0.4) is 0 Å². The Labute approximate surface area is 118 Å². The Morgan fingerprint density at radius 2 is 1.80 bits per heavy atom. The molecule has 0 radical (unpaired) electrons. The van der Waals surface area contributed by atoms with Crippen LogP contribution in [0, 0.1) is 5.82 Å². The van der Waals surface area contributed by atoms with E-state index in [2.05, 4.69) is 0 Å². The molecule has 0 N–H and O–H groups in total. The molecule has 104 valence electrons. The summed E-state index contributed by atoms with van der Waals surface area (Å²) in [6, 6.07) is 14.4. The molecular formula is C17H17FO2. The zero-order valence-electron chi connectivity index (χ0n) is 11.4. The summed E-state index contributed by atoms with van der Waals surface area (Å²) in [6.07, 6.45) is 3.94. The van der Waals surface area contributed by atoms with E-state index in [0.29, 0.717) is 18.6 Å². The maximum absolute atomic E-state index is 13.3. The standard InChI is InChI=1S/C17H17FO2/c1-19-16-10-8-14(9-11-16)13-20-12-4-6-15-5-2-3-7-17(15)18/h2-5,7-12H,6,13H2,1H3. The van der Waals surface area contributed by atoms with Gasteiger partial charge in [-0.25, -0.2) is 4.39 Å². The number of rotatable bonds is 6. The van der Waals surface area contributed by atoms with Gasteiger partial charge in [0.05, 0.1) is 13.4 Å². The largest absolute Gasteiger partial charge is 0.497 e. The molecule has 0 heterocycles. The SMILES string of the molecule is COc1ccc(COC=CCc2ccccc2F)cc1. The number of hydrogen-bond donors (Lipinski definition) is 0. The molecule has 0 fully saturated rings. The van der Waals surface area contributed by atoms with Crippen molar-refractivity contribution in [2.24, 2.45) is 0 Å². The minimum absolute atomic E-state index is 0.188. The molecule has 2 nitrogen and oxygen atoms in total. The molecule has 3 heteroatoms. The van der Waals surface area contributed by atoms with Crippen molar-refractivity contribution < 1.29 is 13.9 Å². The van der Waals surface area contributed by atoms with Crippen molar-refractivity contribution in [3.8, 4) is 5.75 Å². The number of methoxy groups -OCH3 is 1. The van der Waals surface area contributed by atoms with E-state index in [1.807, 2.05) is 36.4 Å². The molecular weight excluding hydrogens is 255 g/mol. The highest BCUT2D eigenvalue weighted by Gasteiger charge is 1.97. The van der Waals surface area contributed by atoms with E-state index in [-0.39, 0.29) is 5.82 Å². The summed E-state index contributed by atoms with van der Waals surface area (Å²) in [7, 11) is 1.64. The van der Waals surface area contributed by atoms with Crippen molar-refractivity contribution in [3.63, 3.8) is 0 Å². The van der Waals surface area contributed by atoms with Crippen molar-refractivity contribution in [3.05, 3.63) is 77.8 Å². The van der Waals surface area contributed by atoms with Gasteiger partial charge in [0.15, 0.2) is 0 Å². The van der Waals surface area contributed by atoms with Gasteiger partial charge in [0.25, 0.3) is 0 Å². The molecule has 0 saturated heterocycles. The van der Waals surface area contributed by atoms with Gasteiger partial charge in [-0.15, -0.1) is 0 Å². The third kappa shape index (κ3) is 4.12. The van der Waals surface area contributed by atoms with Crippen LogP contribution in [0.5, 0.6) is 5.75 Å². The van der Waals surface area contributed by atoms with Crippen LogP contribution in [0.1, 0.15) is 11.1 Å². The van der Waals surface area contributed by atoms with E-state index in [9.17, 15) is 4.39 Å². The molecule has 0 aromatic heterocycles. The van der Waals surface area contributed by atoms with E-state index < -0.39 is 0 Å². The van der Waals surface area contributed by atoms with Gasteiger partial charge in [-0.3, -0.25) is 0 Å². The van der Waals surface area contributed by atoms with Crippen LogP contribution < -0.4 is 4.74 Å². The van der Waals surface area contributed by atoms with Crippen LogP contribution in [0.25, 0.3) is 0 Å². The van der Waals surface area contributed by atoms with Crippen LogP contribution in [0.15, 0.2) is 60.9 Å². The molecule has 0 aliphatic carbocycles. The monoisotopic (exact) mass is 272 g/mol. The Kier molecular flexibility index (Phi) is 5.18. The zero-order chi connectivity index (χ0) is 14.2. The second-order valence-electron chi connectivity index (χ2n) is 4.33. The fraction of sp³-hybridized carbons (Fsp3) is 0.176. The Bertz CT molecular complexity index is 561. The van der Waals surface area contributed by atoms with Crippen molar-refractivity contribution in [2.45, 2.75) is 13.0 Å². The van der Waals surface area contributed by atoms with Gasteiger partial charge in [-0.2, -0.15) is 0 Å². The van der Waals surface area contributed by atoms with Crippen LogP contribution in [0.2, 0.25) is 0 Å². The molecule has 0 aliphatic heterocycles. The molecule has 0 spiro atoms. The third-order valence-corrected chi connectivity index (χ3v) is 2.90. The predicted molar refractivity (Wildman–Crippen MR) is 77.0 cm³/mol. The number of allylic oxidation sites excluding steroid dienone is 1. The molecule has 0 unspecified atom stereocenters. The second kappa shape index (κ2) is 7.34. The number of hydrogen-bond acceptors (Lipinski definition) is 2. The van der Waals surface area contributed by atoms with E-state index in [4.69, 9.17) is 9.47 Å². The summed E-state index contributed by atoms with van der Waals surface area (Å²) in [5, 5.41) is 0. The molecule has 2 aromatic rings. The number of ether oxygens (including phenoxy) is 2. The lowest BCUT2D eigenvalue weighted by molar-refractivity contribution is 0.235. The minimum Gasteiger partial charge on any atom is -0.497 e. The zero-order valence-corrected chi connectivity index (χ0v) is 11.4. The molecule has 0 bridgehead atoms. The van der Waals surface area contributed by atoms with E-state index in [1.165, 1.54) is 6.07 Å². The first-order valence-electron chi connectivity index (χ1n) is 6.42. The maximum Gasteiger partial charge on any atom is 0.126 e. The average Bonchev–Trinajstić information content (AvgIpc) is 2.49. The summed E-state index contributed by atoms with van der Waals surface area (Å²) in [5.74, 6) is 0.635. The maximum atomic E-state index is 13.3. The number of halogens is 1. The van der Waals surface area contributed by atoms with Gasteiger partial charge in [0.2, 0.25) is 0 Å². The summed E-state index contributed by atoms with van der Waals surface area (Å²) < 4.78 is 23.8. The summed E-state index contributed by atoms with van der Waals surface area (Å²) in [4.78, 5) is 0. The Morgan fingerprint density at radius 3 is 2.50 bits per heavy atom. The number of benzene rings is 2.